The Labute approximate surface area is 150 Å². The maximum atomic E-state index is 12.5. The molecule has 5 heteroatoms. The largest absolute Gasteiger partial charge is 0.379 e. The molecule has 0 saturated carbocycles. The molecule has 25 heavy (non-hydrogen) atoms. The molecule has 0 spiro atoms. The normalized spacial score (nSPS) is 21.6. The van der Waals surface area contributed by atoms with Gasteiger partial charge >= 0.3 is 6.03 Å². The molecular formula is C20H30N2O3. The summed E-state index contributed by atoms with van der Waals surface area (Å²) in [6.07, 6.45) is 3.32. The number of amides is 2. The number of benzene rings is 1. The number of hydrogen-bond acceptors (Lipinski definition) is 3. The fourth-order valence-corrected chi connectivity index (χ4v) is 3.85. The lowest BCUT2D eigenvalue weighted by Gasteiger charge is -2.33. The average Bonchev–Trinajstić information content (AvgIpc) is 3.07. The highest BCUT2D eigenvalue weighted by molar-refractivity contribution is 5.74. The number of nitrogens with one attached hydrogen (secondary N) is 1. The van der Waals surface area contributed by atoms with Gasteiger partial charge in [-0.05, 0) is 56.7 Å². The van der Waals surface area contributed by atoms with Gasteiger partial charge in [0, 0.05) is 26.2 Å². The number of hydrogen-bond donors (Lipinski definition) is 1. The maximum Gasteiger partial charge on any atom is 0.317 e. The first-order valence-corrected chi connectivity index (χ1v) is 9.35. The molecule has 138 valence electrons. The molecular weight excluding hydrogens is 316 g/mol. The third-order valence-corrected chi connectivity index (χ3v) is 5.26. The van der Waals surface area contributed by atoms with Gasteiger partial charge < -0.3 is 19.7 Å². The number of aryl methyl sites for hydroxylation is 3. The van der Waals surface area contributed by atoms with Gasteiger partial charge in [-0.1, -0.05) is 17.7 Å². The zero-order chi connectivity index (χ0) is 17.8. The molecule has 1 aromatic rings. The third-order valence-electron chi connectivity index (χ3n) is 5.26. The molecule has 2 aliphatic rings. The minimum atomic E-state index is 0.0297. The van der Waals surface area contributed by atoms with E-state index in [1.54, 1.807) is 0 Å². The van der Waals surface area contributed by atoms with Crippen LogP contribution in [0.3, 0.4) is 0 Å². The maximum absolute atomic E-state index is 12.5. The Balaban J connectivity index is 1.45. The summed E-state index contributed by atoms with van der Waals surface area (Å²) < 4.78 is 11.4. The molecule has 1 atom stereocenters. The Morgan fingerprint density at radius 1 is 1.16 bits per heavy atom. The van der Waals surface area contributed by atoms with E-state index in [9.17, 15) is 4.79 Å². The highest BCUT2D eigenvalue weighted by Crippen LogP contribution is 2.20. The van der Waals surface area contributed by atoms with Crippen LogP contribution in [0.25, 0.3) is 0 Å². The monoisotopic (exact) mass is 346 g/mol. The number of urea groups is 1. The van der Waals surface area contributed by atoms with Gasteiger partial charge in [0.2, 0.25) is 0 Å². The van der Waals surface area contributed by atoms with Crippen molar-refractivity contribution in [2.45, 2.75) is 58.8 Å². The summed E-state index contributed by atoms with van der Waals surface area (Å²) in [5.41, 5.74) is 4.96. The van der Waals surface area contributed by atoms with Gasteiger partial charge in [-0.15, -0.1) is 0 Å². The lowest BCUT2D eigenvalue weighted by atomic mass is 10.00. The number of carbonyl (C=O) groups excluding carboxylic acids is 1. The van der Waals surface area contributed by atoms with Crippen LogP contribution in [0.4, 0.5) is 4.79 Å². The predicted molar refractivity (Wildman–Crippen MR) is 97.8 cm³/mol. The lowest BCUT2D eigenvalue weighted by molar-refractivity contribution is -0.0392. The molecule has 1 N–H and O–H groups in total. The Kier molecular flexibility index (Phi) is 5.97. The van der Waals surface area contributed by atoms with Crippen LogP contribution in [0.2, 0.25) is 0 Å². The van der Waals surface area contributed by atoms with Gasteiger partial charge in [-0.3, -0.25) is 0 Å². The highest BCUT2D eigenvalue weighted by Gasteiger charge is 2.27. The van der Waals surface area contributed by atoms with Crippen LogP contribution in [0, 0.1) is 20.8 Å². The van der Waals surface area contributed by atoms with Crippen molar-refractivity contribution in [3.63, 3.8) is 0 Å². The zero-order valence-electron chi connectivity index (χ0n) is 15.6. The first-order chi connectivity index (χ1) is 12.0. The zero-order valence-corrected chi connectivity index (χ0v) is 15.6. The van der Waals surface area contributed by atoms with Crippen LogP contribution in [0.5, 0.6) is 0 Å². The van der Waals surface area contributed by atoms with E-state index in [1.165, 1.54) is 22.3 Å². The molecule has 0 radical (unpaired) electrons. The molecule has 1 aromatic carbocycles. The van der Waals surface area contributed by atoms with Crippen LogP contribution < -0.4 is 5.32 Å². The number of rotatable bonds is 4. The summed E-state index contributed by atoms with van der Waals surface area (Å²) in [4.78, 5) is 14.4. The first kappa shape index (κ1) is 18.2. The number of likely N-dealkylation sites (tertiary alicyclic amines) is 1. The van der Waals surface area contributed by atoms with Gasteiger partial charge in [0.05, 0.1) is 18.8 Å². The van der Waals surface area contributed by atoms with E-state index in [1.807, 2.05) is 4.90 Å². The van der Waals surface area contributed by atoms with Crippen molar-refractivity contribution in [3.05, 3.63) is 34.4 Å². The topological polar surface area (TPSA) is 50.8 Å². The van der Waals surface area contributed by atoms with Crippen molar-refractivity contribution in [2.75, 3.05) is 26.3 Å². The van der Waals surface area contributed by atoms with E-state index in [-0.39, 0.29) is 18.2 Å². The van der Waals surface area contributed by atoms with Crippen molar-refractivity contribution < 1.29 is 14.3 Å². The third kappa shape index (κ3) is 4.73. The number of piperidine rings is 1. The van der Waals surface area contributed by atoms with Crippen LogP contribution in [-0.4, -0.2) is 49.4 Å². The number of ether oxygens (including phenoxy) is 2. The molecule has 2 heterocycles. The molecule has 2 saturated heterocycles. The van der Waals surface area contributed by atoms with E-state index in [0.717, 1.165) is 45.6 Å². The van der Waals surface area contributed by atoms with Gasteiger partial charge in [0.15, 0.2) is 0 Å². The Hall–Kier alpha value is -1.59. The van der Waals surface area contributed by atoms with Crippen molar-refractivity contribution in [3.8, 4) is 0 Å². The molecule has 2 aliphatic heterocycles. The SMILES string of the molecule is Cc1cc(C)c(CNC(=O)N2CCC(OC3CCOC3)CC2)c(C)c1. The van der Waals surface area contributed by atoms with Crippen molar-refractivity contribution in [2.24, 2.45) is 0 Å². The molecule has 1 unspecified atom stereocenters. The van der Waals surface area contributed by atoms with E-state index in [0.29, 0.717) is 6.54 Å². The van der Waals surface area contributed by atoms with E-state index < -0.39 is 0 Å². The van der Waals surface area contributed by atoms with E-state index in [2.05, 4.69) is 38.2 Å². The lowest BCUT2D eigenvalue weighted by Crippen LogP contribution is -2.46. The average molecular weight is 346 g/mol. The minimum Gasteiger partial charge on any atom is -0.379 e. The van der Waals surface area contributed by atoms with Gasteiger partial charge in [-0.25, -0.2) is 4.79 Å². The molecule has 2 fully saturated rings. The second kappa shape index (κ2) is 8.19. The Morgan fingerprint density at radius 3 is 2.44 bits per heavy atom. The summed E-state index contributed by atoms with van der Waals surface area (Å²) in [6.45, 7) is 9.96. The second-order valence-electron chi connectivity index (χ2n) is 7.34. The summed E-state index contributed by atoms with van der Waals surface area (Å²) in [7, 11) is 0. The van der Waals surface area contributed by atoms with E-state index in [4.69, 9.17) is 9.47 Å². The van der Waals surface area contributed by atoms with Crippen LogP contribution in [-0.2, 0) is 16.0 Å². The quantitative estimate of drug-likeness (QED) is 0.911. The van der Waals surface area contributed by atoms with Gasteiger partial charge in [0.1, 0.15) is 0 Å². The highest BCUT2D eigenvalue weighted by atomic mass is 16.5. The molecule has 0 bridgehead atoms. The van der Waals surface area contributed by atoms with Crippen molar-refractivity contribution >= 4 is 6.03 Å². The second-order valence-corrected chi connectivity index (χ2v) is 7.34. The van der Waals surface area contributed by atoms with Crippen LogP contribution in [0.1, 0.15) is 41.5 Å². The van der Waals surface area contributed by atoms with E-state index >= 15 is 0 Å². The van der Waals surface area contributed by atoms with Crippen LogP contribution >= 0.6 is 0 Å². The molecule has 0 aromatic heterocycles. The standard InChI is InChI=1S/C20H30N2O3/c1-14-10-15(2)19(16(3)11-14)12-21-20(23)22-7-4-17(5-8-22)25-18-6-9-24-13-18/h10-11,17-18H,4-9,12-13H2,1-3H3,(H,21,23). The summed E-state index contributed by atoms with van der Waals surface area (Å²) in [6, 6.07) is 4.37. The molecule has 0 aliphatic carbocycles. The van der Waals surface area contributed by atoms with Crippen molar-refractivity contribution in [1.29, 1.82) is 0 Å². The Bertz CT molecular complexity index is 580. The number of carbonyl (C=O) groups is 1. The summed E-state index contributed by atoms with van der Waals surface area (Å²) in [5.74, 6) is 0. The Morgan fingerprint density at radius 2 is 1.84 bits per heavy atom. The minimum absolute atomic E-state index is 0.0297. The predicted octanol–water partition coefficient (Wildman–Crippen LogP) is 3.09. The van der Waals surface area contributed by atoms with Gasteiger partial charge in [0.25, 0.3) is 0 Å². The van der Waals surface area contributed by atoms with Gasteiger partial charge in [-0.2, -0.15) is 0 Å². The molecule has 2 amide bonds. The summed E-state index contributed by atoms with van der Waals surface area (Å²) in [5, 5.41) is 3.08. The fraction of sp³-hybridized carbons (Fsp3) is 0.650. The number of nitrogens with zero attached hydrogens (tertiary/aromatic N) is 1. The molecule has 3 rings (SSSR count). The van der Waals surface area contributed by atoms with Crippen LogP contribution in [0.15, 0.2) is 12.1 Å². The fourth-order valence-electron chi connectivity index (χ4n) is 3.85. The first-order valence-electron chi connectivity index (χ1n) is 9.35. The summed E-state index contributed by atoms with van der Waals surface area (Å²) >= 11 is 0. The molecule has 5 nitrogen and oxygen atoms in total. The van der Waals surface area contributed by atoms with Crippen molar-refractivity contribution in [1.82, 2.24) is 10.2 Å². The smallest absolute Gasteiger partial charge is 0.317 e.